The summed E-state index contributed by atoms with van der Waals surface area (Å²) in [6, 6.07) is 0. The van der Waals surface area contributed by atoms with Crippen LogP contribution in [0.4, 0.5) is 0 Å². The molecular formula is HLiMnOP. The van der Waals surface area contributed by atoms with E-state index in [2.05, 4.69) is 0 Å². The zero-order chi connectivity index (χ0) is 2.00. The van der Waals surface area contributed by atoms with Crippen LogP contribution in [0.25, 0.3) is 0 Å². The summed E-state index contributed by atoms with van der Waals surface area (Å²) in [5, 5.41) is 0. The Kier molecular flexibility index (Phi) is 139. The van der Waals surface area contributed by atoms with E-state index >= 15 is 0 Å². The molecule has 2 radical (unpaired) electrons. The molecule has 0 aromatic heterocycles. The first-order valence-electron chi connectivity index (χ1n) is 0.204. The molecule has 0 aliphatic heterocycles. The van der Waals surface area contributed by atoms with Gasteiger partial charge in [-0.1, -0.05) is 0 Å². The van der Waals surface area contributed by atoms with E-state index in [9.17, 15) is 0 Å². The first kappa shape index (κ1) is 18.9. The molecule has 0 saturated carbocycles. The van der Waals surface area contributed by atoms with E-state index in [1.807, 2.05) is 0 Å². The molecule has 0 unspecified atom stereocenters. The van der Waals surface area contributed by atoms with E-state index < -0.39 is 0 Å². The van der Waals surface area contributed by atoms with Gasteiger partial charge in [-0.3, -0.25) is 4.57 Å². The van der Waals surface area contributed by atoms with Crippen LogP contribution in [0.2, 0.25) is 0 Å². The van der Waals surface area contributed by atoms with E-state index in [0.717, 1.165) is 0 Å². The Labute approximate surface area is 49.8 Å². The van der Waals surface area contributed by atoms with Crippen LogP contribution < -0.4 is 0 Å². The average molecular weight is 110 g/mol. The van der Waals surface area contributed by atoms with Crippen molar-refractivity contribution in [2.45, 2.75) is 0 Å². The summed E-state index contributed by atoms with van der Waals surface area (Å²) in [6.45, 7) is 0. The van der Waals surface area contributed by atoms with E-state index in [-0.39, 0.29) is 35.9 Å². The topological polar surface area (TPSA) is 17.1 Å². The largest absolute Gasteiger partial charge is 0.279 e. The van der Waals surface area contributed by atoms with Crippen LogP contribution in [-0.2, 0) is 21.6 Å². The summed E-state index contributed by atoms with van der Waals surface area (Å²) in [6.07, 6.45) is 0. The smallest absolute Gasteiger partial charge is 0.138 e. The molecule has 0 spiro atoms. The predicted molar refractivity (Wildman–Crippen MR) is 14.8 cm³/mol. The Hall–Kier alpha value is 1.22. The van der Waals surface area contributed by atoms with Gasteiger partial charge in [0.15, 0.2) is 0 Å². The second-order valence-electron chi connectivity index (χ2n) is 0. The van der Waals surface area contributed by atoms with Gasteiger partial charge in [-0.25, -0.2) is 0 Å². The Bertz CT molecular complexity index is 8.00. The minimum Gasteiger partial charge on any atom is -0.279 e. The molecule has 0 aromatic rings. The van der Waals surface area contributed by atoms with Crippen LogP contribution in [-0.4, -0.2) is 18.9 Å². The van der Waals surface area contributed by atoms with Crippen molar-refractivity contribution < 1.29 is 21.6 Å². The quantitative estimate of drug-likeness (QED) is 0.319. The summed E-state index contributed by atoms with van der Waals surface area (Å²) in [4.78, 5) is 0. The minimum absolute atomic E-state index is 0. The normalized spacial score (nSPS) is 1.00. The molecule has 1 nitrogen and oxygen atoms in total. The van der Waals surface area contributed by atoms with Gasteiger partial charge in [0, 0.05) is 35.9 Å². The molecule has 0 fully saturated rings. The van der Waals surface area contributed by atoms with Crippen LogP contribution in [0.5, 0.6) is 0 Å². The molecule has 0 heterocycles. The third kappa shape index (κ3) is 10.7. The molecule has 0 amide bonds. The van der Waals surface area contributed by atoms with Crippen molar-refractivity contribution in [2.75, 3.05) is 0 Å². The molecule has 0 aliphatic carbocycles. The maximum Gasteiger partial charge on any atom is 0.138 e. The zero-order valence-corrected chi connectivity index (χ0v) is 4.47. The number of hydrogen-bond acceptors (Lipinski definition) is 1. The second-order valence-corrected chi connectivity index (χ2v) is 0. The molecule has 0 N–H and O–H groups in total. The summed E-state index contributed by atoms with van der Waals surface area (Å²) >= 11 is 0. The van der Waals surface area contributed by atoms with Gasteiger partial charge < -0.3 is 0 Å². The van der Waals surface area contributed by atoms with Crippen molar-refractivity contribution in [2.24, 2.45) is 0 Å². The summed E-state index contributed by atoms with van der Waals surface area (Å²) in [5.74, 6) is 0. The van der Waals surface area contributed by atoms with Crippen LogP contribution in [0.3, 0.4) is 0 Å². The summed E-state index contributed by atoms with van der Waals surface area (Å²) in [5.41, 5.74) is 0. The van der Waals surface area contributed by atoms with Crippen LogP contribution >= 0.6 is 9.12 Å². The molecular weight excluding hydrogens is 109 g/mol. The molecule has 0 atom stereocenters. The monoisotopic (exact) mass is 110 g/mol. The molecule has 0 aliphatic rings. The predicted octanol–water partition coefficient (Wildman–Crippen LogP) is 0.0914. The second kappa shape index (κ2) is 29.5. The Morgan fingerprint density at radius 3 is 1.25 bits per heavy atom. The van der Waals surface area contributed by atoms with Crippen LogP contribution in [0.15, 0.2) is 0 Å². The Balaban J connectivity index is -0.00000000500. The third-order valence-electron chi connectivity index (χ3n) is 0. The standard InChI is InChI=1S/Li.Mn.HOP/c;;1-2/h;;2H. The molecule has 0 saturated heterocycles. The van der Waals surface area contributed by atoms with Crippen molar-refractivity contribution in [3.05, 3.63) is 0 Å². The SMILES string of the molecule is O=P.[Li].[Mn]. The van der Waals surface area contributed by atoms with Crippen molar-refractivity contribution in [3.63, 3.8) is 0 Å². The minimum atomic E-state index is 0. The van der Waals surface area contributed by atoms with Gasteiger partial charge in [-0.15, -0.1) is 0 Å². The fraction of sp³-hybridized carbons (Fsp3) is 0. The van der Waals surface area contributed by atoms with E-state index in [0.29, 0.717) is 0 Å². The Morgan fingerprint density at radius 2 is 1.25 bits per heavy atom. The molecule has 4 heavy (non-hydrogen) atoms. The number of rotatable bonds is 0. The van der Waals surface area contributed by atoms with E-state index in [1.165, 1.54) is 0 Å². The van der Waals surface area contributed by atoms with Crippen LogP contribution in [0, 0.1) is 0 Å². The van der Waals surface area contributed by atoms with Gasteiger partial charge in [0.2, 0.25) is 0 Å². The van der Waals surface area contributed by atoms with Gasteiger partial charge in [0.25, 0.3) is 0 Å². The average Bonchev–Trinajstić information content (AvgIpc) is 1.00. The van der Waals surface area contributed by atoms with Crippen LogP contribution in [0.1, 0.15) is 0 Å². The first-order valence-corrected chi connectivity index (χ1v) is 0.612. The van der Waals surface area contributed by atoms with Gasteiger partial charge in [-0.05, 0) is 0 Å². The first-order chi connectivity index (χ1) is 1.00. The Morgan fingerprint density at radius 1 is 1.25 bits per heavy atom. The molecule has 4 heteroatoms. The number of hydrogen-bond donors (Lipinski definition) is 0. The summed E-state index contributed by atoms with van der Waals surface area (Å²) < 4.78 is 8.06. The molecule has 20 valence electrons. The maximum atomic E-state index is 8.06. The van der Waals surface area contributed by atoms with Gasteiger partial charge in [-0.2, -0.15) is 0 Å². The van der Waals surface area contributed by atoms with E-state index in [4.69, 9.17) is 4.57 Å². The van der Waals surface area contributed by atoms with Gasteiger partial charge in [0.05, 0.1) is 0 Å². The third-order valence-corrected chi connectivity index (χ3v) is 0. The van der Waals surface area contributed by atoms with Gasteiger partial charge >= 0.3 is 0 Å². The summed E-state index contributed by atoms with van der Waals surface area (Å²) in [7, 11) is 1.72. The zero-order valence-electron chi connectivity index (χ0n) is 2.29. The fourth-order valence-corrected chi connectivity index (χ4v) is 0. The fourth-order valence-electron chi connectivity index (χ4n) is 0. The molecule has 0 aromatic carbocycles. The van der Waals surface area contributed by atoms with Crippen molar-refractivity contribution in [1.82, 2.24) is 0 Å². The van der Waals surface area contributed by atoms with E-state index in [1.54, 1.807) is 9.12 Å². The van der Waals surface area contributed by atoms with Crippen molar-refractivity contribution >= 4 is 28.0 Å². The maximum absolute atomic E-state index is 8.06. The van der Waals surface area contributed by atoms with Crippen molar-refractivity contribution in [3.8, 4) is 0 Å². The molecule has 0 rings (SSSR count). The van der Waals surface area contributed by atoms with Crippen molar-refractivity contribution in [1.29, 1.82) is 0 Å². The van der Waals surface area contributed by atoms with Gasteiger partial charge in [0.1, 0.15) is 9.12 Å². The molecule has 0 bridgehead atoms.